The second-order valence-corrected chi connectivity index (χ2v) is 12.6. The summed E-state index contributed by atoms with van der Waals surface area (Å²) in [5.74, 6) is -0.786. The molecule has 4 rings (SSSR count). The van der Waals surface area contributed by atoms with Gasteiger partial charge in [-0.25, -0.2) is 9.79 Å². The maximum Gasteiger partial charge on any atom is 0.329 e. The van der Waals surface area contributed by atoms with Gasteiger partial charge in [-0.3, -0.25) is 4.79 Å². The summed E-state index contributed by atoms with van der Waals surface area (Å²) in [6, 6.07) is 14.9. The molecular formula is C37H41ClN2O4S. The first-order valence-corrected chi connectivity index (χ1v) is 16.1. The number of aryl methyl sites for hydroxylation is 1. The number of nitrogens with one attached hydrogen (secondary N) is 1. The van der Waals surface area contributed by atoms with Gasteiger partial charge in [-0.05, 0) is 80.7 Å². The number of benzene rings is 2. The lowest BCUT2D eigenvalue weighted by atomic mass is 9.85. The average molecular weight is 645 g/mol. The summed E-state index contributed by atoms with van der Waals surface area (Å²) in [7, 11) is 0. The van der Waals surface area contributed by atoms with E-state index in [9.17, 15) is 14.7 Å². The molecule has 8 heteroatoms. The van der Waals surface area contributed by atoms with Crippen LogP contribution in [-0.2, 0) is 16.0 Å². The highest BCUT2D eigenvalue weighted by Crippen LogP contribution is 2.28. The second-order valence-electron chi connectivity index (χ2n) is 10.9. The lowest BCUT2D eigenvalue weighted by Gasteiger charge is -2.31. The zero-order valence-corrected chi connectivity index (χ0v) is 27.8. The van der Waals surface area contributed by atoms with Gasteiger partial charge >= 0.3 is 5.97 Å². The van der Waals surface area contributed by atoms with Crippen LogP contribution in [0.3, 0.4) is 0 Å². The van der Waals surface area contributed by atoms with Crippen molar-refractivity contribution in [3.63, 3.8) is 0 Å². The van der Waals surface area contributed by atoms with Crippen LogP contribution in [-0.4, -0.2) is 33.0 Å². The molecule has 1 amide bonds. The van der Waals surface area contributed by atoms with Crippen molar-refractivity contribution in [1.29, 1.82) is 0 Å². The van der Waals surface area contributed by atoms with Crippen LogP contribution in [0.15, 0.2) is 126 Å². The molecule has 1 heterocycles. The lowest BCUT2D eigenvalue weighted by Crippen LogP contribution is -2.54. The third-order valence-electron chi connectivity index (χ3n) is 7.18. The van der Waals surface area contributed by atoms with E-state index in [1.807, 2.05) is 80.6 Å². The molecule has 0 aromatic heterocycles. The molecule has 2 aromatic carbocycles. The number of carbonyl (C=O) groups is 2. The molecule has 6 nitrogen and oxygen atoms in total. The summed E-state index contributed by atoms with van der Waals surface area (Å²) in [5, 5.41) is 14.4. The number of allylic oxidation sites excluding steroid dienone is 8. The molecule has 0 saturated carbocycles. The number of halogens is 1. The third-order valence-corrected chi connectivity index (χ3v) is 8.34. The Morgan fingerprint density at radius 3 is 2.47 bits per heavy atom. The molecule has 0 radical (unpaired) electrons. The summed E-state index contributed by atoms with van der Waals surface area (Å²) in [5.41, 5.74) is 3.15. The number of hydrogen-bond acceptors (Lipinski definition) is 5. The third kappa shape index (κ3) is 11.7. The SMILES string of the molecule is C=C1/C=C\C=C/C(C)SC(Oc2ccc(CC(=O)NC(CC)(CC3=CCC=CC=C3C)C(=O)O)cc2)=N1.Cc1ccc(Cl)cc1. The summed E-state index contributed by atoms with van der Waals surface area (Å²) in [4.78, 5) is 29.7. The van der Waals surface area contributed by atoms with Crippen LogP contribution in [0.25, 0.3) is 0 Å². The minimum Gasteiger partial charge on any atom is -0.479 e. The van der Waals surface area contributed by atoms with Gasteiger partial charge in [-0.1, -0.05) is 109 Å². The van der Waals surface area contributed by atoms with E-state index in [-0.39, 0.29) is 30.4 Å². The van der Waals surface area contributed by atoms with E-state index < -0.39 is 11.5 Å². The first-order chi connectivity index (χ1) is 21.5. The molecule has 1 aliphatic carbocycles. The summed E-state index contributed by atoms with van der Waals surface area (Å²) >= 11 is 7.09. The standard InChI is InChI=1S/C30H34N2O4S.C7H7Cl/c1-5-30(28(34)35,20-25-14-8-6-7-11-21(25)2)32-27(33)19-24-15-17-26(18-16-24)36-29-31-22(3)12-9-10-13-23(4)37-29;1-6-2-4-7(8)5-3-6/h6-7,9-18,23H,3,5,8,19-20H2,1-2,4H3,(H,32,33)(H,34,35);2-5H,1H3/b12-9-,13-10-,31-29?;. The smallest absolute Gasteiger partial charge is 0.329 e. The van der Waals surface area contributed by atoms with Gasteiger partial charge in [-0.2, -0.15) is 0 Å². The Morgan fingerprint density at radius 2 is 1.82 bits per heavy atom. The van der Waals surface area contributed by atoms with Crippen LogP contribution >= 0.6 is 23.4 Å². The van der Waals surface area contributed by atoms with E-state index in [2.05, 4.69) is 29.9 Å². The maximum atomic E-state index is 13.0. The Kier molecular flexibility index (Phi) is 13.7. The fourth-order valence-corrected chi connectivity index (χ4v) is 5.39. The Hall–Kier alpha value is -4.07. The molecule has 2 aliphatic rings. The maximum absolute atomic E-state index is 13.0. The van der Waals surface area contributed by atoms with Crippen LogP contribution in [0.2, 0.25) is 5.02 Å². The first kappa shape index (κ1) is 35.4. The van der Waals surface area contributed by atoms with Crippen molar-refractivity contribution in [2.75, 3.05) is 0 Å². The molecule has 45 heavy (non-hydrogen) atoms. The Morgan fingerprint density at radius 1 is 1.11 bits per heavy atom. The molecule has 2 unspecified atom stereocenters. The predicted octanol–water partition coefficient (Wildman–Crippen LogP) is 8.95. The number of carbonyl (C=O) groups excluding carboxylic acids is 1. The van der Waals surface area contributed by atoms with Crippen molar-refractivity contribution in [2.45, 2.75) is 64.2 Å². The van der Waals surface area contributed by atoms with Crippen molar-refractivity contribution in [3.8, 4) is 5.75 Å². The average Bonchev–Trinajstić information content (AvgIpc) is 3.16. The van der Waals surface area contributed by atoms with Crippen molar-refractivity contribution in [2.24, 2.45) is 4.99 Å². The van der Waals surface area contributed by atoms with Gasteiger partial charge in [0.15, 0.2) is 0 Å². The molecule has 2 aromatic rings. The topological polar surface area (TPSA) is 88.0 Å². The van der Waals surface area contributed by atoms with Crippen molar-refractivity contribution in [3.05, 3.63) is 137 Å². The van der Waals surface area contributed by atoms with Gasteiger partial charge in [-0.15, -0.1) is 0 Å². The minimum atomic E-state index is -1.38. The Bertz CT molecular complexity index is 1510. The van der Waals surface area contributed by atoms with Gasteiger partial charge in [0.2, 0.25) is 5.91 Å². The zero-order chi connectivity index (χ0) is 32.8. The van der Waals surface area contributed by atoms with E-state index in [4.69, 9.17) is 16.3 Å². The van der Waals surface area contributed by atoms with Crippen molar-refractivity contribution >= 4 is 40.5 Å². The number of aliphatic imine (C=N–C) groups is 1. The van der Waals surface area contributed by atoms with Crippen molar-refractivity contribution in [1.82, 2.24) is 5.32 Å². The molecule has 2 atom stereocenters. The summed E-state index contributed by atoms with van der Waals surface area (Å²) < 4.78 is 5.97. The van der Waals surface area contributed by atoms with E-state index in [1.54, 1.807) is 31.2 Å². The summed E-state index contributed by atoms with van der Waals surface area (Å²) in [6.07, 6.45) is 17.0. The van der Waals surface area contributed by atoms with Crippen LogP contribution in [0.4, 0.5) is 0 Å². The van der Waals surface area contributed by atoms with E-state index in [0.29, 0.717) is 16.7 Å². The monoisotopic (exact) mass is 644 g/mol. The number of aliphatic carboxylic acids is 1. The fraction of sp³-hybridized carbons (Fsp3) is 0.270. The lowest BCUT2D eigenvalue weighted by molar-refractivity contribution is -0.147. The highest BCUT2D eigenvalue weighted by atomic mass is 35.5. The molecule has 0 fully saturated rings. The van der Waals surface area contributed by atoms with Crippen LogP contribution in [0.1, 0.15) is 51.2 Å². The van der Waals surface area contributed by atoms with Crippen LogP contribution in [0, 0.1) is 6.92 Å². The molecular weight excluding hydrogens is 604 g/mol. The van der Waals surface area contributed by atoms with Crippen LogP contribution in [0.5, 0.6) is 5.75 Å². The number of rotatable bonds is 8. The van der Waals surface area contributed by atoms with Gasteiger partial charge in [0, 0.05) is 16.7 Å². The number of carboxylic acid groups (broad SMARTS) is 1. The minimum absolute atomic E-state index is 0.0594. The van der Waals surface area contributed by atoms with E-state index in [1.165, 1.54) is 17.3 Å². The largest absolute Gasteiger partial charge is 0.479 e. The summed E-state index contributed by atoms with van der Waals surface area (Å²) in [6.45, 7) is 11.8. The number of nitrogens with zero attached hydrogens (tertiary/aromatic N) is 1. The van der Waals surface area contributed by atoms with E-state index >= 15 is 0 Å². The van der Waals surface area contributed by atoms with Gasteiger partial charge in [0.1, 0.15) is 11.3 Å². The quantitative estimate of drug-likeness (QED) is 0.300. The number of ether oxygens (including phenoxy) is 1. The molecule has 0 spiro atoms. The van der Waals surface area contributed by atoms with E-state index in [0.717, 1.165) is 28.2 Å². The molecule has 0 bridgehead atoms. The first-order valence-electron chi connectivity index (χ1n) is 14.8. The highest BCUT2D eigenvalue weighted by Gasteiger charge is 2.39. The molecule has 236 valence electrons. The molecule has 0 saturated heterocycles. The number of amides is 1. The highest BCUT2D eigenvalue weighted by molar-refractivity contribution is 8.14. The number of carboxylic acids is 1. The fourth-order valence-electron chi connectivity index (χ4n) is 4.46. The molecule has 1 aliphatic heterocycles. The van der Waals surface area contributed by atoms with Gasteiger partial charge in [0.25, 0.3) is 5.23 Å². The van der Waals surface area contributed by atoms with Gasteiger partial charge < -0.3 is 15.2 Å². The van der Waals surface area contributed by atoms with Crippen LogP contribution < -0.4 is 10.1 Å². The predicted molar refractivity (Wildman–Crippen MR) is 188 cm³/mol. The Labute approximate surface area is 276 Å². The normalized spacial score (nSPS) is 18.9. The second kappa shape index (κ2) is 17.4. The molecule has 2 N–H and O–H groups in total. The number of thioether (sulfide) groups is 1. The Balaban J connectivity index is 0.000000598. The van der Waals surface area contributed by atoms with Crippen molar-refractivity contribution < 1.29 is 19.4 Å². The number of hydrogen-bond donors (Lipinski definition) is 2. The van der Waals surface area contributed by atoms with Gasteiger partial charge in [0.05, 0.1) is 12.1 Å². The zero-order valence-electron chi connectivity index (χ0n) is 26.3.